The zero-order valence-electron chi connectivity index (χ0n) is 9.43. The molecule has 0 unspecified atom stereocenters. The molecule has 18 heavy (non-hydrogen) atoms. The normalized spacial score (nSPS) is 11.8. The van der Waals surface area contributed by atoms with Crippen molar-refractivity contribution in [1.82, 2.24) is 4.31 Å². The second-order valence-corrected chi connectivity index (χ2v) is 5.97. The molecule has 1 aromatic rings. The molecule has 5 nitrogen and oxygen atoms in total. The molecule has 1 rings (SSSR count). The van der Waals surface area contributed by atoms with Gasteiger partial charge in [-0.05, 0) is 18.2 Å². The maximum Gasteiger partial charge on any atom is 0.304 e. The van der Waals surface area contributed by atoms with Crippen LogP contribution in [-0.4, -0.2) is 37.4 Å². The standard InChI is InChI=1S/C10H11ClFNO4S/c1-13(5-4-10(14)15)18(16,17)9-3-2-7(12)6-8(9)11/h2-3,6H,4-5H2,1H3,(H,14,15). The highest BCUT2D eigenvalue weighted by Crippen LogP contribution is 2.24. The Balaban J connectivity index is 3.02. The Morgan fingerprint density at radius 2 is 2.11 bits per heavy atom. The van der Waals surface area contributed by atoms with Crippen molar-refractivity contribution in [2.45, 2.75) is 11.3 Å². The molecule has 0 saturated heterocycles. The summed E-state index contributed by atoms with van der Waals surface area (Å²) in [5.41, 5.74) is 0. The maximum atomic E-state index is 12.8. The van der Waals surface area contributed by atoms with Crippen molar-refractivity contribution in [3.8, 4) is 0 Å². The molecule has 0 radical (unpaired) electrons. The van der Waals surface area contributed by atoms with Gasteiger partial charge in [-0.2, -0.15) is 0 Å². The Labute approximate surface area is 109 Å². The van der Waals surface area contributed by atoms with Gasteiger partial charge in [-0.3, -0.25) is 4.79 Å². The van der Waals surface area contributed by atoms with Gasteiger partial charge in [0, 0.05) is 13.6 Å². The van der Waals surface area contributed by atoms with E-state index in [0.717, 1.165) is 22.5 Å². The first-order chi connectivity index (χ1) is 8.25. The average Bonchev–Trinajstić information content (AvgIpc) is 2.24. The van der Waals surface area contributed by atoms with Crippen LogP contribution in [0.25, 0.3) is 0 Å². The van der Waals surface area contributed by atoms with Crippen LogP contribution in [0, 0.1) is 5.82 Å². The van der Waals surface area contributed by atoms with Crippen molar-refractivity contribution in [2.24, 2.45) is 0 Å². The summed E-state index contributed by atoms with van der Waals surface area (Å²) in [6.07, 6.45) is -0.325. The van der Waals surface area contributed by atoms with E-state index in [1.54, 1.807) is 0 Å². The van der Waals surface area contributed by atoms with Gasteiger partial charge in [0.15, 0.2) is 0 Å². The SMILES string of the molecule is CN(CCC(=O)O)S(=O)(=O)c1ccc(F)cc1Cl. The van der Waals surface area contributed by atoms with E-state index in [9.17, 15) is 17.6 Å². The fourth-order valence-corrected chi connectivity index (χ4v) is 2.90. The quantitative estimate of drug-likeness (QED) is 0.895. The number of halogens is 2. The topological polar surface area (TPSA) is 74.7 Å². The summed E-state index contributed by atoms with van der Waals surface area (Å²) in [7, 11) is -2.68. The minimum atomic E-state index is -3.91. The number of aliphatic carboxylic acids is 1. The summed E-state index contributed by atoms with van der Waals surface area (Å²) in [5, 5.41) is 8.25. The molecule has 0 bridgehead atoms. The van der Waals surface area contributed by atoms with E-state index in [1.807, 2.05) is 0 Å². The van der Waals surface area contributed by atoms with Crippen LogP contribution < -0.4 is 0 Å². The van der Waals surface area contributed by atoms with Crippen LogP contribution in [0.15, 0.2) is 23.1 Å². The Morgan fingerprint density at radius 3 is 2.61 bits per heavy atom. The van der Waals surface area contributed by atoms with Crippen molar-refractivity contribution in [2.75, 3.05) is 13.6 Å². The first kappa shape index (κ1) is 14.9. The number of hydrogen-bond acceptors (Lipinski definition) is 3. The minimum Gasteiger partial charge on any atom is -0.481 e. The smallest absolute Gasteiger partial charge is 0.304 e. The number of carbonyl (C=O) groups is 1. The van der Waals surface area contributed by atoms with Gasteiger partial charge in [-0.15, -0.1) is 0 Å². The Morgan fingerprint density at radius 1 is 1.50 bits per heavy atom. The number of carboxylic acids is 1. The molecular weight excluding hydrogens is 285 g/mol. The van der Waals surface area contributed by atoms with Crippen molar-refractivity contribution < 1.29 is 22.7 Å². The van der Waals surface area contributed by atoms with Gasteiger partial charge < -0.3 is 5.11 Å². The lowest BCUT2D eigenvalue weighted by Crippen LogP contribution is -2.29. The lowest BCUT2D eigenvalue weighted by atomic mass is 10.3. The summed E-state index contributed by atoms with van der Waals surface area (Å²) in [4.78, 5) is 10.1. The summed E-state index contributed by atoms with van der Waals surface area (Å²) in [6, 6.07) is 2.91. The zero-order chi connectivity index (χ0) is 13.9. The van der Waals surface area contributed by atoms with E-state index in [4.69, 9.17) is 16.7 Å². The second-order valence-electron chi connectivity index (χ2n) is 3.55. The lowest BCUT2D eigenvalue weighted by Gasteiger charge is -2.16. The van der Waals surface area contributed by atoms with Gasteiger partial charge in [0.05, 0.1) is 11.4 Å². The summed E-state index contributed by atoms with van der Waals surface area (Å²) < 4.78 is 37.7. The average molecular weight is 296 g/mol. The number of sulfonamides is 1. The monoisotopic (exact) mass is 295 g/mol. The molecular formula is C10H11ClFNO4S. The van der Waals surface area contributed by atoms with Gasteiger partial charge in [-0.25, -0.2) is 17.1 Å². The highest BCUT2D eigenvalue weighted by Gasteiger charge is 2.24. The van der Waals surface area contributed by atoms with Crippen LogP contribution in [0.4, 0.5) is 4.39 Å². The van der Waals surface area contributed by atoms with Crippen LogP contribution >= 0.6 is 11.6 Å². The van der Waals surface area contributed by atoms with E-state index >= 15 is 0 Å². The molecule has 100 valence electrons. The van der Waals surface area contributed by atoms with Crippen LogP contribution in [-0.2, 0) is 14.8 Å². The number of carboxylic acid groups (broad SMARTS) is 1. The van der Waals surface area contributed by atoms with E-state index in [0.29, 0.717) is 0 Å². The summed E-state index contributed by atoms with van der Waals surface area (Å²) in [6.45, 7) is -0.189. The Kier molecular flexibility index (Phi) is 4.66. The highest BCUT2D eigenvalue weighted by atomic mass is 35.5. The predicted molar refractivity (Wildman–Crippen MR) is 63.5 cm³/mol. The van der Waals surface area contributed by atoms with Crippen molar-refractivity contribution >= 4 is 27.6 Å². The first-order valence-electron chi connectivity index (χ1n) is 4.88. The van der Waals surface area contributed by atoms with E-state index in [1.165, 1.54) is 7.05 Å². The van der Waals surface area contributed by atoms with Gasteiger partial charge in [0.2, 0.25) is 10.0 Å². The predicted octanol–water partition coefficient (Wildman–Crippen LogP) is 1.57. The van der Waals surface area contributed by atoms with Gasteiger partial charge in [0.25, 0.3) is 0 Å². The third-order valence-corrected chi connectivity index (χ3v) is 4.56. The van der Waals surface area contributed by atoms with Crippen molar-refractivity contribution in [1.29, 1.82) is 0 Å². The first-order valence-corrected chi connectivity index (χ1v) is 6.70. The molecule has 0 aromatic heterocycles. The lowest BCUT2D eigenvalue weighted by molar-refractivity contribution is -0.137. The number of rotatable bonds is 5. The molecule has 0 fully saturated rings. The number of nitrogens with zero attached hydrogens (tertiary/aromatic N) is 1. The van der Waals surface area contributed by atoms with Crippen LogP contribution in [0.2, 0.25) is 5.02 Å². The molecule has 0 aliphatic rings. The highest BCUT2D eigenvalue weighted by molar-refractivity contribution is 7.89. The van der Waals surface area contributed by atoms with E-state index in [-0.39, 0.29) is 22.9 Å². The fraction of sp³-hybridized carbons (Fsp3) is 0.300. The van der Waals surface area contributed by atoms with E-state index in [2.05, 4.69) is 0 Å². The molecule has 0 aliphatic carbocycles. The maximum absolute atomic E-state index is 12.8. The third-order valence-electron chi connectivity index (χ3n) is 2.22. The molecule has 1 aromatic carbocycles. The zero-order valence-corrected chi connectivity index (χ0v) is 11.0. The van der Waals surface area contributed by atoms with Crippen molar-refractivity contribution in [3.63, 3.8) is 0 Å². The fourth-order valence-electron chi connectivity index (χ4n) is 1.23. The Hall–Kier alpha value is -1.18. The van der Waals surface area contributed by atoms with Crippen LogP contribution in [0.1, 0.15) is 6.42 Å². The van der Waals surface area contributed by atoms with Gasteiger partial charge in [-0.1, -0.05) is 11.6 Å². The Bertz CT molecular complexity index is 561. The van der Waals surface area contributed by atoms with Gasteiger partial charge in [0.1, 0.15) is 10.7 Å². The molecule has 1 N–H and O–H groups in total. The van der Waals surface area contributed by atoms with E-state index < -0.39 is 21.8 Å². The molecule has 0 amide bonds. The molecule has 0 heterocycles. The summed E-state index contributed by atoms with van der Waals surface area (Å²) in [5.74, 6) is -1.76. The van der Waals surface area contributed by atoms with Crippen molar-refractivity contribution in [3.05, 3.63) is 29.0 Å². The number of benzene rings is 1. The molecule has 0 atom stereocenters. The second kappa shape index (κ2) is 5.64. The van der Waals surface area contributed by atoms with Gasteiger partial charge >= 0.3 is 5.97 Å². The molecule has 0 saturated carbocycles. The largest absolute Gasteiger partial charge is 0.481 e. The summed E-state index contributed by atoms with van der Waals surface area (Å²) >= 11 is 5.66. The van der Waals surface area contributed by atoms with Crippen LogP contribution in [0.5, 0.6) is 0 Å². The molecule has 0 spiro atoms. The number of hydrogen-bond donors (Lipinski definition) is 1. The molecule has 8 heteroatoms. The van der Waals surface area contributed by atoms with Crippen LogP contribution in [0.3, 0.4) is 0 Å². The molecule has 0 aliphatic heterocycles. The third kappa shape index (κ3) is 3.41. The minimum absolute atomic E-state index is 0.189.